The van der Waals surface area contributed by atoms with Crippen molar-refractivity contribution in [3.05, 3.63) is 39.4 Å². The SMILES string of the molecule is CC1CC[NH+]([C@@H](CNC(=O)NCc2ccc(S(N)(=O)=O)s2)c2cccs2)CC1. The zero-order chi connectivity index (χ0) is 20.1. The van der Waals surface area contributed by atoms with Crippen LogP contribution < -0.4 is 20.7 Å². The van der Waals surface area contributed by atoms with E-state index in [0.29, 0.717) is 6.54 Å². The second-order valence-corrected chi connectivity index (χ2v) is 11.2. The zero-order valence-electron chi connectivity index (χ0n) is 15.8. The van der Waals surface area contributed by atoms with Gasteiger partial charge in [-0.3, -0.25) is 0 Å². The van der Waals surface area contributed by atoms with Gasteiger partial charge in [-0.25, -0.2) is 18.4 Å². The number of amides is 2. The molecule has 5 N–H and O–H groups in total. The van der Waals surface area contributed by atoms with Gasteiger partial charge in [0, 0.05) is 4.88 Å². The van der Waals surface area contributed by atoms with Crippen LogP contribution in [0.25, 0.3) is 0 Å². The molecule has 1 aliphatic rings. The fourth-order valence-electron chi connectivity index (χ4n) is 3.45. The van der Waals surface area contributed by atoms with Crippen molar-refractivity contribution in [1.29, 1.82) is 0 Å². The van der Waals surface area contributed by atoms with Gasteiger partial charge in [0.1, 0.15) is 10.3 Å². The summed E-state index contributed by atoms with van der Waals surface area (Å²) in [5.74, 6) is 0.775. The molecule has 1 aliphatic heterocycles. The number of nitrogens with one attached hydrogen (secondary N) is 3. The van der Waals surface area contributed by atoms with E-state index in [1.165, 1.54) is 28.7 Å². The Balaban J connectivity index is 1.53. The molecule has 3 rings (SSSR count). The molecule has 3 heterocycles. The van der Waals surface area contributed by atoms with Crippen LogP contribution in [0.1, 0.15) is 35.6 Å². The van der Waals surface area contributed by atoms with E-state index in [9.17, 15) is 13.2 Å². The molecule has 10 heteroatoms. The van der Waals surface area contributed by atoms with E-state index in [1.54, 1.807) is 17.4 Å². The molecule has 0 aliphatic carbocycles. The highest BCUT2D eigenvalue weighted by Crippen LogP contribution is 2.20. The summed E-state index contributed by atoms with van der Waals surface area (Å²) in [6.07, 6.45) is 2.43. The Morgan fingerprint density at radius 3 is 2.64 bits per heavy atom. The lowest BCUT2D eigenvalue weighted by molar-refractivity contribution is -0.935. The smallest absolute Gasteiger partial charge is 0.315 e. The summed E-state index contributed by atoms with van der Waals surface area (Å²) in [4.78, 5) is 15.8. The van der Waals surface area contributed by atoms with E-state index in [-0.39, 0.29) is 22.8 Å². The third-order valence-corrected chi connectivity index (χ3v) is 8.61. The topological polar surface area (TPSA) is 106 Å². The first-order chi connectivity index (χ1) is 13.3. The van der Waals surface area contributed by atoms with Crippen molar-refractivity contribution in [2.45, 2.75) is 36.6 Å². The highest BCUT2D eigenvalue weighted by atomic mass is 32.2. The van der Waals surface area contributed by atoms with Crippen LogP contribution in [0.3, 0.4) is 0 Å². The molecule has 28 heavy (non-hydrogen) atoms. The maximum atomic E-state index is 12.3. The van der Waals surface area contributed by atoms with Crippen LogP contribution >= 0.6 is 22.7 Å². The first-order valence-corrected chi connectivity index (χ1v) is 12.6. The standard InChI is InChI=1S/C18H26N4O3S3/c1-13-6-8-22(9-7-13)15(16-3-2-10-26-16)12-21-18(23)20-11-14-4-5-17(27-14)28(19,24)25/h2-5,10,13,15H,6-9,11-12H2,1H3,(H2,19,24,25)(H2,20,21,23)/p+1/t15-/m0/s1. The van der Waals surface area contributed by atoms with Crippen molar-refractivity contribution >= 4 is 38.7 Å². The number of piperidine rings is 1. The van der Waals surface area contributed by atoms with E-state index in [1.807, 2.05) is 0 Å². The molecule has 1 saturated heterocycles. The lowest BCUT2D eigenvalue weighted by atomic mass is 9.97. The van der Waals surface area contributed by atoms with Gasteiger partial charge < -0.3 is 15.5 Å². The molecule has 0 saturated carbocycles. The van der Waals surface area contributed by atoms with Crippen molar-refractivity contribution in [3.8, 4) is 0 Å². The Morgan fingerprint density at radius 1 is 1.29 bits per heavy atom. The summed E-state index contributed by atoms with van der Waals surface area (Å²) in [5.41, 5.74) is 0. The summed E-state index contributed by atoms with van der Waals surface area (Å²) < 4.78 is 22.8. The first-order valence-electron chi connectivity index (χ1n) is 9.34. The van der Waals surface area contributed by atoms with Crippen LogP contribution in [0.2, 0.25) is 0 Å². The molecule has 2 amide bonds. The van der Waals surface area contributed by atoms with Crippen molar-refractivity contribution in [1.82, 2.24) is 10.6 Å². The predicted molar refractivity (Wildman–Crippen MR) is 112 cm³/mol. The Morgan fingerprint density at radius 2 is 2.04 bits per heavy atom. The molecule has 0 spiro atoms. The number of hydrogen-bond acceptors (Lipinski definition) is 5. The van der Waals surface area contributed by atoms with Crippen molar-refractivity contribution in [2.75, 3.05) is 19.6 Å². The van der Waals surface area contributed by atoms with Crippen LogP contribution in [0.4, 0.5) is 4.79 Å². The minimum atomic E-state index is -3.69. The fourth-order valence-corrected chi connectivity index (χ4v) is 6.05. The average Bonchev–Trinajstić information content (AvgIpc) is 3.33. The minimum Gasteiger partial charge on any atom is -0.333 e. The number of thiophene rings is 2. The van der Waals surface area contributed by atoms with Crippen LogP contribution in [0.5, 0.6) is 0 Å². The van der Waals surface area contributed by atoms with Gasteiger partial charge >= 0.3 is 6.03 Å². The number of urea groups is 1. The van der Waals surface area contributed by atoms with Crippen LogP contribution in [0, 0.1) is 5.92 Å². The molecule has 2 aromatic heterocycles. The van der Waals surface area contributed by atoms with E-state index >= 15 is 0 Å². The van der Waals surface area contributed by atoms with Gasteiger partial charge in [0.2, 0.25) is 10.0 Å². The molecule has 1 atom stereocenters. The van der Waals surface area contributed by atoms with Gasteiger partial charge in [0.15, 0.2) is 0 Å². The largest absolute Gasteiger partial charge is 0.333 e. The van der Waals surface area contributed by atoms with Gasteiger partial charge in [-0.15, -0.1) is 22.7 Å². The molecular formula is C18H27N4O3S3+. The monoisotopic (exact) mass is 443 g/mol. The summed E-state index contributed by atoms with van der Waals surface area (Å²) in [6, 6.07) is 7.32. The molecule has 154 valence electrons. The van der Waals surface area contributed by atoms with Gasteiger partial charge in [-0.05, 0) is 42.3 Å². The summed E-state index contributed by atoms with van der Waals surface area (Å²) in [5, 5.41) is 13.0. The van der Waals surface area contributed by atoms with Crippen molar-refractivity contribution in [3.63, 3.8) is 0 Å². The van der Waals surface area contributed by atoms with Gasteiger partial charge in [-0.1, -0.05) is 13.0 Å². The number of nitrogens with two attached hydrogens (primary N) is 1. The lowest BCUT2D eigenvalue weighted by Gasteiger charge is -2.33. The van der Waals surface area contributed by atoms with Crippen LogP contribution in [-0.4, -0.2) is 34.1 Å². The van der Waals surface area contributed by atoms with E-state index in [4.69, 9.17) is 5.14 Å². The molecular weight excluding hydrogens is 416 g/mol. The van der Waals surface area contributed by atoms with Crippen LogP contribution in [0.15, 0.2) is 33.9 Å². The number of rotatable bonds is 7. The maximum Gasteiger partial charge on any atom is 0.315 e. The normalized spacial score (nSPS) is 21.2. The number of likely N-dealkylation sites (tertiary alicyclic amines) is 1. The number of primary sulfonamides is 1. The fraction of sp³-hybridized carbons (Fsp3) is 0.500. The Bertz CT molecular complexity index is 872. The van der Waals surface area contributed by atoms with Crippen molar-refractivity contribution < 1.29 is 18.1 Å². The molecule has 0 radical (unpaired) electrons. The van der Waals surface area contributed by atoms with Gasteiger partial charge in [-0.2, -0.15) is 0 Å². The number of sulfonamides is 1. The number of carbonyl (C=O) groups is 1. The molecule has 7 nitrogen and oxygen atoms in total. The van der Waals surface area contributed by atoms with Gasteiger partial charge in [0.05, 0.1) is 31.1 Å². The number of hydrogen-bond donors (Lipinski definition) is 4. The molecule has 2 aromatic rings. The Hall–Kier alpha value is -1.46. The first kappa shape index (κ1) is 21.3. The summed E-state index contributed by atoms with van der Waals surface area (Å²) >= 11 is 2.80. The quantitative estimate of drug-likeness (QED) is 0.518. The molecule has 0 unspecified atom stereocenters. The molecule has 0 aromatic carbocycles. The molecule has 0 bridgehead atoms. The number of quaternary nitrogens is 1. The lowest BCUT2D eigenvalue weighted by Crippen LogP contribution is -3.14. The molecule has 1 fully saturated rings. The highest BCUT2D eigenvalue weighted by molar-refractivity contribution is 7.91. The summed E-state index contributed by atoms with van der Waals surface area (Å²) in [7, 11) is -3.69. The predicted octanol–water partition coefficient (Wildman–Crippen LogP) is 1.31. The third kappa shape index (κ3) is 5.77. The van der Waals surface area contributed by atoms with Crippen molar-refractivity contribution in [2.24, 2.45) is 11.1 Å². The second-order valence-electron chi connectivity index (χ2n) is 7.24. The average molecular weight is 444 g/mol. The highest BCUT2D eigenvalue weighted by Gasteiger charge is 2.29. The second kappa shape index (κ2) is 9.36. The van der Waals surface area contributed by atoms with Gasteiger partial charge in [0.25, 0.3) is 0 Å². The van der Waals surface area contributed by atoms with E-state index < -0.39 is 10.0 Å². The third-order valence-electron chi connectivity index (χ3n) is 5.10. The maximum absolute atomic E-state index is 12.3. The minimum absolute atomic E-state index is 0.102. The van der Waals surface area contributed by atoms with E-state index in [0.717, 1.165) is 35.2 Å². The zero-order valence-corrected chi connectivity index (χ0v) is 18.3. The Kier molecular flexibility index (Phi) is 7.10. The van der Waals surface area contributed by atoms with E-state index in [2.05, 4.69) is 35.1 Å². The Labute approximate surface area is 174 Å². The number of carbonyl (C=O) groups excluding carboxylic acids is 1. The summed E-state index contributed by atoms with van der Waals surface area (Å²) in [6.45, 7) is 5.39. The van der Waals surface area contributed by atoms with Crippen LogP contribution in [-0.2, 0) is 16.6 Å².